The predicted octanol–water partition coefficient (Wildman–Crippen LogP) is 3.45. The summed E-state index contributed by atoms with van der Waals surface area (Å²) in [4.78, 5) is 22.5. The fraction of sp³-hybridized carbons (Fsp3) is 0.600. The molecule has 1 aromatic rings. The maximum absolute atomic E-state index is 12.5. The van der Waals surface area contributed by atoms with Gasteiger partial charge in [0.1, 0.15) is 6.10 Å². The molecule has 2 aliphatic heterocycles. The summed E-state index contributed by atoms with van der Waals surface area (Å²) in [5, 5.41) is 4.16. The zero-order chi connectivity index (χ0) is 17.6. The zero-order valence-electron chi connectivity index (χ0n) is 15.4. The second-order valence-corrected chi connectivity index (χ2v) is 6.93. The molecular weight excluding hydrogens is 314 g/mol. The Balaban J connectivity index is 1.56. The lowest BCUT2D eigenvalue weighted by atomic mass is 10.0. The van der Waals surface area contributed by atoms with Crippen molar-refractivity contribution in [2.24, 2.45) is 5.16 Å². The van der Waals surface area contributed by atoms with Crippen molar-refractivity contribution in [3.63, 3.8) is 0 Å². The van der Waals surface area contributed by atoms with Crippen LogP contribution in [0.3, 0.4) is 0 Å². The maximum Gasteiger partial charge on any atom is 0.226 e. The Hall–Kier alpha value is -1.88. The van der Waals surface area contributed by atoms with Gasteiger partial charge >= 0.3 is 0 Å². The first-order valence-corrected chi connectivity index (χ1v) is 9.52. The van der Waals surface area contributed by atoms with E-state index < -0.39 is 0 Å². The molecule has 2 aliphatic rings. The van der Waals surface area contributed by atoms with E-state index in [-0.39, 0.29) is 18.1 Å². The van der Waals surface area contributed by atoms with Gasteiger partial charge in [0.15, 0.2) is 0 Å². The Labute approximate surface area is 150 Å². The summed E-state index contributed by atoms with van der Waals surface area (Å²) in [6, 6.07) is 10.4. The largest absolute Gasteiger partial charge is 0.391 e. The second kappa shape index (κ2) is 8.48. The number of likely N-dealkylation sites (tertiary alicyclic amines) is 1. The van der Waals surface area contributed by atoms with Crippen LogP contribution < -0.4 is 4.90 Å². The van der Waals surface area contributed by atoms with Gasteiger partial charge in [0.25, 0.3) is 0 Å². The fourth-order valence-electron chi connectivity index (χ4n) is 3.76. The highest BCUT2D eigenvalue weighted by Crippen LogP contribution is 2.25. The van der Waals surface area contributed by atoms with Gasteiger partial charge in [0.2, 0.25) is 5.91 Å². The van der Waals surface area contributed by atoms with Crippen molar-refractivity contribution < 1.29 is 9.63 Å². The Kier molecular flexibility index (Phi) is 6.08. The number of carbonyl (C=O) groups is 1. The van der Waals surface area contributed by atoms with Gasteiger partial charge in [-0.05, 0) is 31.4 Å². The molecule has 0 unspecified atom stereocenters. The van der Waals surface area contributed by atoms with Crippen molar-refractivity contribution >= 4 is 17.3 Å². The van der Waals surface area contributed by atoms with Crippen molar-refractivity contribution in [1.29, 1.82) is 0 Å². The highest BCUT2D eigenvalue weighted by Gasteiger charge is 2.30. The quantitative estimate of drug-likeness (QED) is 0.795. The number of para-hydroxylation sites is 1. The Bertz CT molecular complexity index is 594. The van der Waals surface area contributed by atoms with E-state index in [0.29, 0.717) is 6.42 Å². The molecule has 5 heteroatoms. The van der Waals surface area contributed by atoms with Crippen LogP contribution in [0.4, 0.5) is 5.69 Å². The minimum Gasteiger partial charge on any atom is -0.391 e. The number of anilines is 1. The van der Waals surface area contributed by atoms with Crippen LogP contribution in [0.5, 0.6) is 0 Å². The normalized spacial score (nSPS) is 21.7. The molecule has 1 aromatic carbocycles. The summed E-state index contributed by atoms with van der Waals surface area (Å²) in [7, 11) is 0. The first-order valence-electron chi connectivity index (χ1n) is 9.52. The number of benzene rings is 1. The standard InChI is InChI=1S/C20H29N3O2/c1-3-16-14-19(25-21-16)15-22-12-10-18(11-13-22)23(20(24)4-2)17-8-6-5-7-9-17/h5-9,18-19H,3-4,10-15H2,1-2H3/t19-/m1/s1. The number of nitrogens with zero attached hydrogens (tertiary/aromatic N) is 3. The third-order valence-electron chi connectivity index (χ3n) is 5.19. The van der Waals surface area contributed by atoms with Crippen molar-refractivity contribution in [3.8, 4) is 0 Å². The number of rotatable bonds is 6. The molecule has 1 amide bonds. The summed E-state index contributed by atoms with van der Waals surface area (Å²) >= 11 is 0. The first-order chi connectivity index (χ1) is 12.2. The van der Waals surface area contributed by atoms with Crippen LogP contribution in [0.2, 0.25) is 0 Å². The van der Waals surface area contributed by atoms with E-state index in [0.717, 1.165) is 51.0 Å². The Morgan fingerprint density at radius 2 is 1.96 bits per heavy atom. The first kappa shape index (κ1) is 17.9. The van der Waals surface area contributed by atoms with Crippen LogP contribution >= 0.6 is 0 Å². The van der Waals surface area contributed by atoms with Crippen LogP contribution in [0.25, 0.3) is 0 Å². The van der Waals surface area contributed by atoms with E-state index in [4.69, 9.17) is 4.84 Å². The Morgan fingerprint density at radius 3 is 2.56 bits per heavy atom. The van der Waals surface area contributed by atoms with E-state index in [1.807, 2.05) is 42.2 Å². The van der Waals surface area contributed by atoms with Gasteiger partial charge in [-0.3, -0.25) is 9.69 Å². The summed E-state index contributed by atoms with van der Waals surface area (Å²) in [5.41, 5.74) is 2.19. The Morgan fingerprint density at radius 1 is 1.24 bits per heavy atom. The number of hydrogen-bond donors (Lipinski definition) is 0. The molecule has 25 heavy (non-hydrogen) atoms. The predicted molar refractivity (Wildman–Crippen MR) is 101 cm³/mol. The average molecular weight is 343 g/mol. The molecule has 0 spiro atoms. The molecule has 1 fully saturated rings. The molecule has 0 aliphatic carbocycles. The fourth-order valence-corrected chi connectivity index (χ4v) is 3.76. The smallest absolute Gasteiger partial charge is 0.226 e. The van der Waals surface area contributed by atoms with Gasteiger partial charge < -0.3 is 9.74 Å². The number of hydrogen-bond acceptors (Lipinski definition) is 4. The molecule has 0 bridgehead atoms. The topological polar surface area (TPSA) is 45.1 Å². The second-order valence-electron chi connectivity index (χ2n) is 6.93. The van der Waals surface area contributed by atoms with Gasteiger partial charge in [-0.1, -0.05) is 37.2 Å². The summed E-state index contributed by atoms with van der Waals surface area (Å²) in [6.07, 6.45) is 4.70. The minimum absolute atomic E-state index is 0.203. The molecule has 2 heterocycles. The van der Waals surface area contributed by atoms with Crippen molar-refractivity contribution in [1.82, 2.24) is 4.90 Å². The van der Waals surface area contributed by atoms with Gasteiger partial charge in [-0.2, -0.15) is 0 Å². The van der Waals surface area contributed by atoms with Gasteiger partial charge in [-0.15, -0.1) is 0 Å². The molecule has 0 aromatic heterocycles. The van der Waals surface area contributed by atoms with Crippen LogP contribution in [0.15, 0.2) is 35.5 Å². The lowest BCUT2D eigenvalue weighted by Gasteiger charge is -2.39. The van der Waals surface area contributed by atoms with Crippen LogP contribution in [0, 0.1) is 0 Å². The molecule has 3 rings (SSSR count). The highest BCUT2D eigenvalue weighted by molar-refractivity contribution is 5.93. The zero-order valence-corrected chi connectivity index (χ0v) is 15.4. The molecule has 0 radical (unpaired) electrons. The summed E-state index contributed by atoms with van der Waals surface area (Å²) < 4.78 is 0. The third kappa shape index (κ3) is 4.40. The molecular formula is C20H29N3O2. The van der Waals surface area contributed by atoms with E-state index in [1.54, 1.807) is 0 Å². The number of piperidine rings is 1. The number of amides is 1. The van der Waals surface area contributed by atoms with Crippen molar-refractivity contribution in [2.75, 3.05) is 24.5 Å². The summed E-state index contributed by atoms with van der Waals surface area (Å²) in [6.45, 7) is 7.01. The van der Waals surface area contributed by atoms with Gasteiger partial charge in [-0.25, -0.2) is 0 Å². The molecule has 1 saturated heterocycles. The lowest BCUT2D eigenvalue weighted by molar-refractivity contribution is -0.119. The van der Waals surface area contributed by atoms with E-state index in [1.165, 1.54) is 5.71 Å². The summed E-state index contributed by atoms with van der Waals surface area (Å²) in [5.74, 6) is 0.213. The van der Waals surface area contributed by atoms with Crippen LogP contribution in [0.1, 0.15) is 46.0 Å². The number of oxime groups is 1. The van der Waals surface area contributed by atoms with Crippen LogP contribution in [-0.2, 0) is 9.63 Å². The molecule has 1 atom stereocenters. The van der Waals surface area contributed by atoms with Crippen molar-refractivity contribution in [3.05, 3.63) is 30.3 Å². The van der Waals surface area contributed by atoms with E-state index >= 15 is 0 Å². The van der Waals surface area contributed by atoms with Gasteiger partial charge in [0.05, 0.1) is 5.71 Å². The molecule has 0 N–H and O–H groups in total. The SMILES string of the molecule is CCC(=O)N(c1ccccc1)C1CCN(C[C@H]2CC(CC)=NO2)CC1. The average Bonchev–Trinajstić information content (AvgIpc) is 3.11. The van der Waals surface area contributed by atoms with E-state index in [9.17, 15) is 4.79 Å². The monoisotopic (exact) mass is 343 g/mol. The third-order valence-corrected chi connectivity index (χ3v) is 5.19. The van der Waals surface area contributed by atoms with Crippen molar-refractivity contribution in [2.45, 2.75) is 58.1 Å². The molecule has 0 saturated carbocycles. The molecule has 136 valence electrons. The van der Waals surface area contributed by atoms with Gasteiger partial charge in [0, 0.05) is 44.2 Å². The minimum atomic E-state index is 0.203. The van der Waals surface area contributed by atoms with E-state index in [2.05, 4.69) is 17.0 Å². The highest BCUT2D eigenvalue weighted by atomic mass is 16.6. The number of carbonyl (C=O) groups excluding carboxylic acids is 1. The molecule has 5 nitrogen and oxygen atoms in total. The lowest BCUT2D eigenvalue weighted by Crippen LogP contribution is -2.48. The maximum atomic E-state index is 12.5. The van der Waals surface area contributed by atoms with Crippen LogP contribution in [-0.4, -0.2) is 48.3 Å².